The lowest BCUT2D eigenvalue weighted by molar-refractivity contribution is -0.123. The maximum Gasteiger partial charge on any atom is 0.242 e. The molecule has 0 radical (unpaired) electrons. The molecule has 1 N–H and O–H groups in total. The molecule has 1 saturated carbocycles. The average Bonchev–Trinajstić information content (AvgIpc) is 3.23. The van der Waals surface area contributed by atoms with Gasteiger partial charge >= 0.3 is 0 Å². The fourth-order valence-electron chi connectivity index (χ4n) is 3.18. The van der Waals surface area contributed by atoms with Gasteiger partial charge in [0, 0.05) is 19.8 Å². The minimum Gasteiger partial charge on any atom is -0.350 e. The number of rotatable bonds is 5. The van der Waals surface area contributed by atoms with Crippen LogP contribution in [0.1, 0.15) is 30.6 Å². The molecule has 1 heterocycles. The average molecular weight is 463 g/mol. The van der Waals surface area contributed by atoms with Crippen molar-refractivity contribution >= 4 is 54.6 Å². The molecule has 1 fully saturated rings. The van der Waals surface area contributed by atoms with Gasteiger partial charge < -0.3 is 5.32 Å². The Kier molecular flexibility index (Phi) is 5.58. The summed E-state index contributed by atoms with van der Waals surface area (Å²) in [5, 5.41) is 5.22. The monoisotopic (exact) mass is 461 g/mol. The molecule has 3 rings (SSSR count). The SMILES string of the molecule is O=C(NCc1cc(Br)cs1)C1(S(=O)(=O)c2ccc(Cl)cc2)CCCC1. The molecule has 1 aromatic heterocycles. The summed E-state index contributed by atoms with van der Waals surface area (Å²) in [6.07, 6.45) is 2.14. The minimum atomic E-state index is -3.79. The van der Waals surface area contributed by atoms with Gasteiger partial charge in [0.25, 0.3) is 0 Å². The topological polar surface area (TPSA) is 63.2 Å². The Hall–Kier alpha value is -0.890. The van der Waals surface area contributed by atoms with Crippen molar-refractivity contribution in [3.05, 3.63) is 50.1 Å². The van der Waals surface area contributed by atoms with E-state index in [4.69, 9.17) is 11.6 Å². The van der Waals surface area contributed by atoms with Gasteiger partial charge in [-0.3, -0.25) is 4.79 Å². The second-order valence-electron chi connectivity index (χ2n) is 6.07. The molecule has 1 amide bonds. The zero-order valence-corrected chi connectivity index (χ0v) is 17.3. The largest absolute Gasteiger partial charge is 0.350 e. The molecule has 1 aliphatic carbocycles. The van der Waals surface area contributed by atoms with Crippen LogP contribution in [-0.4, -0.2) is 19.1 Å². The molecule has 25 heavy (non-hydrogen) atoms. The van der Waals surface area contributed by atoms with Crippen molar-refractivity contribution in [1.82, 2.24) is 5.32 Å². The van der Waals surface area contributed by atoms with E-state index in [1.54, 1.807) is 0 Å². The second-order valence-corrected chi connectivity index (χ2v) is 10.7. The standard InChI is InChI=1S/C17H17BrClNO3S2/c18-12-9-14(24-11-12)10-20-16(21)17(7-1-2-8-17)25(22,23)15-5-3-13(19)4-6-15/h3-6,9,11H,1-2,7-8,10H2,(H,20,21). The third kappa shape index (κ3) is 3.65. The van der Waals surface area contributed by atoms with Crippen LogP contribution in [-0.2, 0) is 21.2 Å². The van der Waals surface area contributed by atoms with Gasteiger partial charge in [-0.05, 0) is 59.1 Å². The zero-order chi connectivity index (χ0) is 18.1. The Morgan fingerprint density at radius 3 is 2.44 bits per heavy atom. The summed E-state index contributed by atoms with van der Waals surface area (Å²) in [6.45, 7) is 0.326. The predicted octanol–water partition coefficient (Wildman–Crippen LogP) is 4.57. The van der Waals surface area contributed by atoms with Crippen LogP contribution in [0, 0.1) is 0 Å². The second kappa shape index (κ2) is 7.39. The van der Waals surface area contributed by atoms with Gasteiger partial charge in [-0.2, -0.15) is 0 Å². The van der Waals surface area contributed by atoms with Crippen LogP contribution in [0.25, 0.3) is 0 Å². The zero-order valence-electron chi connectivity index (χ0n) is 13.3. The van der Waals surface area contributed by atoms with E-state index in [1.807, 2.05) is 11.4 Å². The van der Waals surface area contributed by atoms with Crippen LogP contribution < -0.4 is 5.32 Å². The summed E-state index contributed by atoms with van der Waals surface area (Å²) in [7, 11) is -3.79. The first-order valence-electron chi connectivity index (χ1n) is 7.87. The smallest absolute Gasteiger partial charge is 0.242 e. The number of hydrogen-bond acceptors (Lipinski definition) is 4. The molecule has 8 heteroatoms. The van der Waals surface area contributed by atoms with Crippen molar-refractivity contribution in [2.24, 2.45) is 0 Å². The molecule has 0 saturated heterocycles. The highest BCUT2D eigenvalue weighted by Crippen LogP contribution is 2.41. The van der Waals surface area contributed by atoms with Crippen LogP contribution in [0.3, 0.4) is 0 Å². The number of thiophene rings is 1. The predicted molar refractivity (Wildman–Crippen MR) is 104 cm³/mol. The number of benzene rings is 1. The Balaban J connectivity index is 1.87. The number of sulfone groups is 1. The third-order valence-electron chi connectivity index (χ3n) is 4.51. The van der Waals surface area contributed by atoms with Gasteiger partial charge in [-0.15, -0.1) is 11.3 Å². The van der Waals surface area contributed by atoms with Crippen LogP contribution in [0.15, 0.2) is 45.1 Å². The minimum absolute atomic E-state index is 0.146. The van der Waals surface area contributed by atoms with Gasteiger partial charge in [0.05, 0.1) is 11.4 Å². The van der Waals surface area contributed by atoms with E-state index in [2.05, 4.69) is 21.2 Å². The van der Waals surface area contributed by atoms with Gasteiger partial charge in [0.2, 0.25) is 5.91 Å². The van der Waals surface area contributed by atoms with Crippen molar-refractivity contribution in [1.29, 1.82) is 0 Å². The first-order valence-corrected chi connectivity index (χ1v) is 11.4. The summed E-state index contributed by atoms with van der Waals surface area (Å²) in [5.41, 5.74) is 0. The number of carbonyl (C=O) groups is 1. The Morgan fingerprint density at radius 2 is 1.88 bits per heavy atom. The fraction of sp³-hybridized carbons (Fsp3) is 0.353. The molecule has 4 nitrogen and oxygen atoms in total. The lowest BCUT2D eigenvalue weighted by Gasteiger charge is -2.27. The molecule has 2 aromatic rings. The lowest BCUT2D eigenvalue weighted by Crippen LogP contribution is -2.50. The lowest BCUT2D eigenvalue weighted by atomic mass is 10.1. The molecule has 0 aliphatic heterocycles. The van der Waals surface area contributed by atoms with E-state index in [1.165, 1.54) is 35.6 Å². The van der Waals surface area contributed by atoms with E-state index in [-0.39, 0.29) is 4.90 Å². The number of nitrogens with one attached hydrogen (secondary N) is 1. The van der Waals surface area contributed by atoms with E-state index in [0.29, 0.717) is 24.4 Å². The van der Waals surface area contributed by atoms with Crippen molar-refractivity contribution in [2.75, 3.05) is 0 Å². The van der Waals surface area contributed by atoms with Gasteiger partial charge in [0.1, 0.15) is 0 Å². The summed E-state index contributed by atoms with van der Waals surface area (Å²) in [6, 6.07) is 7.94. The highest BCUT2D eigenvalue weighted by Gasteiger charge is 2.52. The van der Waals surface area contributed by atoms with Crippen molar-refractivity contribution in [2.45, 2.75) is 41.9 Å². The maximum absolute atomic E-state index is 13.2. The van der Waals surface area contributed by atoms with E-state index in [0.717, 1.165) is 22.2 Å². The summed E-state index contributed by atoms with van der Waals surface area (Å²) >= 11 is 10.7. The number of hydrogen-bond donors (Lipinski definition) is 1. The Labute approximate surface area is 164 Å². The first kappa shape index (κ1) is 18.9. The summed E-state index contributed by atoms with van der Waals surface area (Å²) in [4.78, 5) is 14.0. The van der Waals surface area contributed by atoms with E-state index >= 15 is 0 Å². The van der Waals surface area contributed by atoms with Gasteiger partial charge in [-0.25, -0.2) is 8.42 Å². The van der Waals surface area contributed by atoms with Crippen LogP contribution in [0.5, 0.6) is 0 Å². The molecule has 1 aliphatic rings. The summed E-state index contributed by atoms with van der Waals surface area (Å²) in [5.74, 6) is -0.413. The third-order valence-corrected chi connectivity index (χ3v) is 8.97. The highest BCUT2D eigenvalue weighted by atomic mass is 79.9. The molecular weight excluding hydrogens is 446 g/mol. The molecule has 0 atom stereocenters. The van der Waals surface area contributed by atoms with Crippen LogP contribution in [0.4, 0.5) is 0 Å². The normalized spacial score (nSPS) is 16.7. The molecule has 0 unspecified atom stereocenters. The molecule has 134 valence electrons. The van der Waals surface area contributed by atoms with Crippen molar-refractivity contribution < 1.29 is 13.2 Å². The molecule has 0 bridgehead atoms. The van der Waals surface area contributed by atoms with Gasteiger partial charge in [0.15, 0.2) is 14.6 Å². The molecule has 1 aromatic carbocycles. The summed E-state index contributed by atoms with van der Waals surface area (Å²) < 4.78 is 26.0. The van der Waals surface area contributed by atoms with E-state index < -0.39 is 20.5 Å². The maximum atomic E-state index is 13.2. The highest BCUT2D eigenvalue weighted by molar-refractivity contribution is 9.10. The number of amides is 1. The van der Waals surface area contributed by atoms with Crippen molar-refractivity contribution in [3.8, 4) is 0 Å². The Bertz CT molecular complexity index is 872. The first-order chi connectivity index (χ1) is 11.8. The van der Waals surface area contributed by atoms with Crippen LogP contribution >= 0.6 is 38.9 Å². The fourth-order valence-corrected chi connectivity index (χ4v) is 6.78. The quantitative estimate of drug-likeness (QED) is 0.708. The van der Waals surface area contributed by atoms with Crippen LogP contribution in [0.2, 0.25) is 5.02 Å². The molecule has 0 spiro atoms. The number of carbonyl (C=O) groups excluding carboxylic acids is 1. The Morgan fingerprint density at radius 1 is 1.24 bits per heavy atom. The van der Waals surface area contributed by atoms with Gasteiger partial charge in [-0.1, -0.05) is 24.4 Å². The van der Waals surface area contributed by atoms with Crippen molar-refractivity contribution in [3.63, 3.8) is 0 Å². The number of halogens is 2. The molecular formula is C17H17BrClNO3S2. The van der Waals surface area contributed by atoms with E-state index in [9.17, 15) is 13.2 Å².